The number of anilines is 1. The minimum atomic E-state index is -0.521. The van der Waals surface area contributed by atoms with Crippen LogP contribution in [0.3, 0.4) is 0 Å². The van der Waals surface area contributed by atoms with Crippen molar-refractivity contribution >= 4 is 29.1 Å². The molecule has 0 spiro atoms. The van der Waals surface area contributed by atoms with E-state index >= 15 is 0 Å². The number of carbonyl (C=O) groups is 3. The fraction of sp³-hybridized carbons (Fsp3) is 0.526. The van der Waals surface area contributed by atoms with Crippen LogP contribution in [-0.4, -0.2) is 46.3 Å². The number of benzene rings is 1. The topological polar surface area (TPSA) is 119 Å². The number of ether oxygens (including phenoxy) is 1. The number of fused-ring (bicyclic) bond motifs is 5. The van der Waals surface area contributed by atoms with Crippen molar-refractivity contribution in [3.05, 3.63) is 34.4 Å². The maximum absolute atomic E-state index is 12.5. The first kappa shape index (κ1) is 18.5. The number of unbranched alkanes of at least 4 members (excludes halogenated alkanes) is 1. The number of nitrogens with zero attached hydrogens (tertiary/aromatic N) is 2. The first-order chi connectivity index (χ1) is 13.5. The summed E-state index contributed by atoms with van der Waals surface area (Å²) in [6.45, 7) is 0.314. The van der Waals surface area contributed by atoms with Crippen molar-refractivity contribution in [1.82, 2.24) is 4.90 Å². The quantitative estimate of drug-likeness (QED) is 0.330. The van der Waals surface area contributed by atoms with Gasteiger partial charge in [0.15, 0.2) is 0 Å². The van der Waals surface area contributed by atoms with E-state index < -0.39 is 4.92 Å². The van der Waals surface area contributed by atoms with Gasteiger partial charge in [0.1, 0.15) is 0 Å². The van der Waals surface area contributed by atoms with Crippen LogP contribution in [0.1, 0.15) is 32.1 Å². The predicted molar refractivity (Wildman–Crippen MR) is 97.2 cm³/mol. The van der Waals surface area contributed by atoms with Gasteiger partial charge in [-0.15, -0.1) is 0 Å². The van der Waals surface area contributed by atoms with Gasteiger partial charge in [0, 0.05) is 30.8 Å². The molecule has 9 heteroatoms. The smallest absolute Gasteiger partial charge is 0.271 e. The highest BCUT2D eigenvalue weighted by atomic mass is 16.6. The van der Waals surface area contributed by atoms with Crippen LogP contribution < -0.4 is 5.32 Å². The van der Waals surface area contributed by atoms with Crippen LogP contribution in [0, 0.1) is 22.0 Å². The third kappa shape index (κ3) is 3.26. The molecule has 3 amide bonds. The molecule has 3 saturated heterocycles. The van der Waals surface area contributed by atoms with Gasteiger partial charge in [-0.2, -0.15) is 0 Å². The Morgan fingerprint density at radius 3 is 2.50 bits per heavy atom. The molecule has 0 aromatic heterocycles. The molecule has 4 unspecified atom stereocenters. The number of rotatable bonds is 7. The average Bonchev–Trinajstić information content (AvgIpc) is 3.34. The summed E-state index contributed by atoms with van der Waals surface area (Å²) in [6, 6.07) is 5.74. The van der Waals surface area contributed by atoms with E-state index in [0.717, 1.165) is 12.8 Å². The number of imide groups is 1. The van der Waals surface area contributed by atoms with E-state index in [-0.39, 0.29) is 53.9 Å². The molecular formula is C19H21N3O6. The number of likely N-dealkylation sites (tertiary alicyclic amines) is 1. The third-order valence-electron chi connectivity index (χ3n) is 5.75. The molecule has 3 heterocycles. The number of non-ortho nitro benzene ring substituents is 1. The molecule has 28 heavy (non-hydrogen) atoms. The standard InChI is InChI=1S/C19H21N3O6/c23-15(20-11-4-3-5-12(10-11)22(26)27)6-1-2-9-21-18(24)16-13-7-8-14(28-13)17(16)19(21)25/h3-5,10,13-14,16-17H,1-2,6-9H2,(H,20,23). The molecule has 1 aromatic carbocycles. The highest BCUT2D eigenvalue weighted by molar-refractivity contribution is 6.06. The van der Waals surface area contributed by atoms with E-state index in [9.17, 15) is 24.5 Å². The number of hydrogen-bond donors (Lipinski definition) is 1. The molecule has 4 rings (SSSR count). The second-order valence-corrected chi connectivity index (χ2v) is 7.48. The monoisotopic (exact) mass is 387 g/mol. The van der Waals surface area contributed by atoms with Gasteiger partial charge in [0.2, 0.25) is 17.7 Å². The highest BCUT2D eigenvalue weighted by Crippen LogP contribution is 2.48. The van der Waals surface area contributed by atoms with E-state index in [4.69, 9.17) is 4.74 Å². The van der Waals surface area contributed by atoms with Crippen molar-refractivity contribution in [3.63, 3.8) is 0 Å². The Morgan fingerprint density at radius 1 is 1.18 bits per heavy atom. The van der Waals surface area contributed by atoms with Crippen LogP contribution in [0.5, 0.6) is 0 Å². The zero-order valence-electron chi connectivity index (χ0n) is 15.2. The Labute approximate surface area is 161 Å². The van der Waals surface area contributed by atoms with Gasteiger partial charge in [-0.1, -0.05) is 6.07 Å². The number of nitro groups is 1. The molecule has 1 aromatic rings. The molecule has 1 N–H and O–H groups in total. The van der Waals surface area contributed by atoms with E-state index in [0.29, 0.717) is 25.1 Å². The van der Waals surface area contributed by atoms with Crippen LogP contribution in [0.4, 0.5) is 11.4 Å². The Balaban J connectivity index is 1.23. The maximum atomic E-state index is 12.5. The van der Waals surface area contributed by atoms with Crippen molar-refractivity contribution in [2.24, 2.45) is 11.8 Å². The van der Waals surface area contributed by atoms with Crippen molar-refractivity contribution < 1.29 is 24.0 Å². The number of nitrogens with one attached hydrogen (secondary N) is 1. The summed E-state index contributed by atoms with van der Waals surface area (Å²) >= 11 is 0. The van der Waals surface area contributed by atoms with Crippen LogP contribution in [0.25, 0.3) is 0 Å². The molecular weight excluding hydrogens is 366 g/mol. The van der Waals surface area contributed by atoms with Gasteiger partial charge >= 0.3 is 0 Å². The average molecular weight is 387 g/mol. The molecule has 0 aliphatic carbocycles. The van der Waals surface area contributed by atoms with Gasteiger partial charge in [-0.3, -0.25) is 29.4 Å². The summed E-state index contributed by atoms with van der Waals surface area (Å²) in [5.74, 6) is -1.17. The second-order valence-electron chi connectivity index (χ2n) is 7.48. The van der Waals surface area contributed by atoms with Crippen molar-refractivity contribution in [1.29, 1.82) is 0 Å². The number of nitro benzene ring substituents is 1. The minimum absolute atomic E-state index is 0.0904. The van der Waals surface area contributed by atoms with Crippen LogP contribution in [0.15, 0.2) is 24.3 Å². The number of amides is 3. The SMILES string of the molecule is O=C(CCCCN1C(=O)C2C3CCC(O3)C2C1=O)Nc1cccc([N+](=O)[O-])c1. The predicted octanol–water partition coefficient (Wildman–Crippen LogP) is 1.87. The minimum Gasteiger partial charge on any atom is -0.373 e. The normalized spacial score (nSPS) is 27.9. The van der Waals surface area contributed by atoms with Crippen LogP contribution in [0.2, 0.25) is 0 Å². The largest absolute Gasteiger partial charge is 0.373 e. The molecule has 0 saturated carbocycles. The van der Waals surface area contributed by atoms with Crippen molar-refractivity contribution in [3.8, 4) is 0 Å². The van der Waals surface area contributed by atoms with Crippen molar-refractivity contribution in [2.75, 3.05) is 11.9 Å². The summed E-state index contributed by atoms with van der Waals surface area (Å²) in [6.07, 6.45) is 2.72. The lowest BCUT2D eigenvalue weighted by Gasteiger charge is -2.17. The van der Waals surface area contributed by atoms with E-state index in [1.54, 1.807) is 6.07 Å². The van der Waals surface area contributed by atoms with E-state index in [1.807, 2.05) is 0 Å². The Morgan fingerprint density at radius 2 is 1.86 bits per heavy atom. The first-order valence-corrected chi connectivity index (χ1v) is 9.50. The number of hydrogen-bond acceptors (Lipinski definition) is 6. The van der Waals surface area contributed by atoms with Gasteiger partial charge in [0.05, 0.1) is 29.0 Å². The van der Waals surface area contributed by atoms with Crippen molar-refractivity contribution in [2.45, 2.75) is 44.3 Å². The lowest BCUT2D eigenvalue weighted by Crippen LogP contribution is -2.35. The van der Waals surface area contributed by atoms with Gasteiger partial charge in [0.25, 0.3) is 5.69 Å². The lowest BCUT2D eigenvalue weighted by molar-refractivity contribution is -0.384. The maximum Gasteiger partial charge on any atom is 0.271 e. The Kier molecular flexibility index (Phi) is 4.84. The van der Waals surface area contributed by atoms with Crippen LogP contribution in [-0.2, 0) is 19.1 Å². The zero-order chi connectivity index (χ0) is 19.8. The molecule has 3 aliphatic rings. The Hall–Kier alpha value is -2.81. The summed E-state index contributed by atoms with van der Waals surface area (Å²) in [5.41, 5.74) is 0.278. The second kappa shape index (κ2) is 7.31. The van der Waals surface area contributed by atoms with E-state index in [2.05, 4.69) is 5.32 Å². The zero-order valence-corrected chi connectivity index (χ0v) is 15.2. The molecule has 148 valence electrons. The molecule has 0 radical (unpaired) electrons. The fourth-order valence-corrected chi connectivity index (χ4v) is 4.47. The summed E-state index contributed by atoms with van der Waals surface area (Å²) in [7, 11) is 0. The molecule has 3 fully saturated rings. The van der Waals surface area contributed by atoms with E-state index in [1.165, 1.54) is 23.1 Å². The van der Waals surface area contributed by atoms with Crippen LogP contribution >= 0.6 is 0 Å². The number of carbonyl (C=O) groups excluding carboxylic acids is 3. The molecule has 2 bridgehead atoms. The van der Waals surface area contributed by atoms with Gasteiger partial charge in [-0.25, -0.2) is 0 Å². The first-order valence-electron chi connectivity index (χ1n) is 9.50. The third-order valence-corrected chi connectivity index (χ3v) is 5.75. The van der Waals surface area contributed by atoms with Gasteiger partial charge < -0.3 is 10.1 Å². The molecule has 3 aliphatic heterocycles. The molecule has 4 atom stereocenters. The fourth-order valence-electron chi connectivity index (χ4n) is 4.47. The lowest BCUT2D eigenvalue weighted by atomic mass is 9.81. The van der Waals surface area contributed by atoms with Gasteiger partial charge in [-0.05, 0) is 31.7 Å². The highest BCUT2D eigenvalue weighted by Gasteiger charge is 2.62. The molecule has 9 nitrogen and oxygen atoms in total. The summed E-state index contributed by atoms with van der Waals surface area (Å²) in [5, 5.41) is 13.4. The Bertz CT molecular complexity index is 813. The summed E-state index contributed by atoms with van der Waals surface area (Å²) < 4.78 is 5.70. The summed E-state index contributed by atoms with van der Waals surface area (Å²) in [4.78, 5) is 48.7.